The van der Waals surface area contributed by atoms with Gasteiger partial charge in [-0.25, -0.2) is 18.7 Å². The van der Waals surface area contributed by atoms with Gasteiger partial charge in [0.2, 0.25) is 0 Å². The van der Waals surface area contributed by atoms with Crippen molar-refractivity contribution in [3.05, 3.63) is 134 Å². The second-order valence-electron chi connectivity index (χ2n) is 9.45. The monoisotopic (exact) mass is 621 g/mol. The number of ether oxygens (including phenoxy) is 1. The number of amides is 1. The molecule has 0 saturated carbocycles. The molecule has 1 aliphatic heterocycles. The number of hydrogen-bond donors (Lipinski definition) is 4. The van der Waals surface area contributed by atoms with Crippen LogP contribution in [0, 0.1) is 11.2 Å². The number of hydrogen-bond acceptors (Lipinski definition) is 7. The average molecular weight is 622 g/mol. The van der Waals surface area contributed by atoms with Crippen LogP contribution in [0.25, 0.3) is 11.3 Å². The van der Waals surface area contributed by atoms with Gasteiger partial charge in [0.25, 0.3) is 11.5 Å². The fraction of sp³-hybridized carbons (Fsp3) is 0.100. The summed E-state index contributed by atoms with van der Waals surface area (Å²) in [5.74, 6) is -2.34. The molecule has 2 aromatic heterocycles. The van der Waals surface area contributed by atoms with E-state index < -0.39 is 46.0 Å². The molecule has 1 aliphatic rings. The summed E-state index contributed by atoms with van der Waals surface area (Å²) in [5.41, 5.74) is -2.75. The van der Waals surface area contributed by atoms with Crippen LogP contribution in [0.15, 0.2) is 101 Å². The lowest BCUT2D eigenvalue weighted by Crippen LogP contribution is -2.42. The first kappa shape index (κ1) is 30.5. The van der Waals surface area contributed by atoms with Crippen LogP contribution in [-0.4, -0.2) is 31.2 Å². The van der Waals surface area contributed by atoms with Gasteiger partial charge in [0.05, 0.1) is 23.4 Å². The molecule has 3 heterocycles. The fourth-order valence-electron chi connectivity index (χ4n) is 4.39. The smallest absolute Gasteiger partial charge is 0.420 e. The van der Waals surface area contributed by atoms with Crippen LogP contribution in [-0.2, 0) is 12.7 Å². The normalized spacial score (nSPS) is 13.9. The largest absolute Gasteiger partial charge is 0.455 e. The first-order valence-corrected chi connectivity index (χ1v) is 13.2. The number of anilines is 1. The van der Waals surface area contributed by atoms with E-state index in [9.17, 15) is 31.9 Å². The highest BCUT2D eigenvalue weighted by Crippen LogP contribution is 2.39. The average Bonchev–Trinajstić information content (AvgIpc) is 3.55. The van der Waals surface area contributed by atoms with Gasteiger partial charge in [0, 0.05) is 42.6 Å². The maximum absolute atomic E-state index is 14.2. The lowest BCUT2D eigenvalue weighted by molar-refractivity contribution is -0.138. The molecule has 0 fully saturated rings. The van der Waals surface area contributed by atoms with Gasteiger partial charge < -0.3 is 25.8 Å². The zero-order chi connectivity index (χ0) is 32.3. The summed E-state index contributed by atoms with van der Waals surface area (Å²) < 4.78 is 63.6. The van der Waals surface area contributed by atoms with E-state index in [2.05, 4.69) is 20.6 Å². The summed E-state index contributed by atoms with van der Waals surface area (Å²) in [4.78, 5) is 46.2. The van der Waals surface area contributed by atoms with E-state index in [1.807, 2.05) is 0 Å². The summed E-state index contributed by atoms with van der Waals surface area (Å²) in [5, 5.41) is 12.5. The van der Waals surface area contributed by atoms with Crippen LogP contribution < -0.4 is 26.6 Å². The zero-order valence-corrected chi connectivity index (χ0v) is 23.3. The molecule has 11 nitrogen and oxygen atoms in total. The van der Waals surface area contributed by atoms with E-state index in [1.165, 1.54) is 30.6 Å². The standard InChI is InChI=1S/C30H23F4N7O4/c1-2-40-15-21(28(43)41(29(40)44)20-6-3-18(31)4-7-20)27(42)39-19-5-8-25(22(12-19)30(32,33)34)45-26-11-17(24-14-36-16-38-24)13-37-23(26)9-10-35/h3-16,35,37H,2H2,1H3,(H,36,38)(H,39,42)/b23-9-,35-10?. The van der Waals surface area contributed by atoms with Crippen molar-refractivity contribution >= 4 is 23.4 Å². The number of nitrogens with one attached hydrogen (secondary N) is 4. The molecule has 230 valence electrons. The van der Waals surface area contributed by atoms with Crippen molar-refractivity contribution in [2.75, 3.05) is 5.32 Å². The van der Waals surface area contributed by atoms with Gasteiger partial charge in [-0.15, -0.1) is 0 Å². The van der Waals surface area contributed by atoms with Crippen LogP contribution in [0.5, 0.6) is 5.75 Å². The number of aryl methyl sites for hydroxylation is 1. The summed E-state index contributed by atoms with van der Waals surface area (Å²) >= 11 is 0. The van der Waals surface area contributed by atoms with Crippen molar-refractivity contribution in [1.29, 1.82) is 5.41 Å². The molecule has 0 aliphatic carbocycles. The van der Waals surface area contributed by atoms with Crippen LogP contribution in [0.3, 0.4) is 0 Å². The van der Waals surface area contributed by atoms with Gasteiger partial charge in [-0.2, -0.15) is 13.2 Å². The quantitative estimate of drug-likeness (QED) is 0.167. The molecule has 0 radical (unpaired) electrons. The Kier molecular flexibility index (Phi) is 8.34. The van der Waals surface area contributed by atoms with Crippen LogP contribution in [0.4, 0.5) is 23.2 Å². The van der Waals surface area contributed by atoms with E-state index in [4.69, 9.17) is 10.1 Å². The number of aromatic nitrogens is 4. The highest BCUT2D eigenvalue weighted by molar-refractivity contribution is 6.04. The number of rotatable bonds is 8. The van der Waals surface area contributed by atoms with Gasteiger partial charge >= 0.3 is 11.9 Å². The van der Waals surface area contributed by atoms with Crippen molar-refractivity contribution < 1.29 is 27.1 Å². The Hall–Kier alpha value is -5.99. The highest BCUT2D eigenvalue weighted by atomic mass is 19.4. The number of aromatic amines is 1. The molecule has 4 aromatic rings. The van der Waals surface area contributed by atoms with E-state index in [0.717, 1.165) is 41.2 Å². The molecule has 0 saturated heterocycles. The number of halogens is 4. The fourth-order valence-corrected chi connectivity index (χ4v) is 4.39. The molecule has 15 heteroatoms. The van der Waals surface area contributed by atoms with Gasteiger partial charge in [0.1, 0.15) is 22.7 Å². The van der Waals surface area contributed by atoms with Crippen molar-refractivity contribution in [2.24, 2.45) is 0 Å². The molecule has 2 aromatic carbocycles. The maximum Gasteiger partial charge on any atom is 0.420 e. The van der Waals surface area contributed by atoms with E-state index >= 15 is 0 Å². The van der Waals surface area contributed by atoms with Crippen molar-refractivity contribution in [3.63, 3.8) is 0 Å². The van der Waals surface area contributed by atoms with E-state index in [0.29, 0.717) is 21.9 Å². The Morgan fingerprint density at radius 1 is 1.16 bits per heavy atom. The number of alkyl halides is 3. The SMILES string of the molecule is CCn1cc(C(=O)Nc2ccc(OC3=CC(c4c[nH]cn4)=CN/C3=C\C=N)c(C(F)(F)F)c2)c(=O)n(-c2ccc(F)cc2)c1=O. The summed E-state index contributed by atoms with van der Waals surface area (Å²) in [6.07, 6.45) is 4.30. The van der Waals surface area contributed by atoms with Crippen LogP contribution in [0.2, 0.25) is 0 Å². The van der Waals surface area contributed by atoms with Crippen molar-refractivity contribution in [2.45, 2.75) is 19.6 Å². The molecular formula is C30H23F4N7O4. The maximum atomic E-state index is 14.2. The number of carbonyl (C=O) groups excluding carboxylic acids is 1. The molecule has 0 atom stereocenters. The molecule has 0 bridgehead atoms. The second kappa shape index (κ2) is 12.3. The Morgan fingerprint density at radius 2 is 1.91 bits per heavy atom. The summed E-state index contributed by atoms with van der Waals surface area (Å²) in [7, 11) is 0. The predicted molar refractivity (Wildman–Crippen MR) is 157 cm³/mol. The minimum Gasteiger partial charge on any atom is -0.455 e. The topological polar surface area (TPSA) is 147 Å². The third kappa shape index (κ3) is 6.36. The summed E-state index contributed by atoms with van der Waals surface area (Å²) in [6.45, 7) is 1.64. The number of H-pyrrole nitrogens is 1. The minimum absolute atomic E-state index is 0.00246. The Morgan fingerprint density at radius 3 is 2.56 bits per heavy atom. The third-order valence-electron chi connectivity index (χ3n) is 6.57. The van der Waals surface area contributed by atoms with Gasteiger partial charge in [-0.05, 0) is 61.5 Å². The Balaban J connectivity index is 1.50. The Bertz CT molecular complexity index is 1990. The molecule has 4 N–H and O–H groups in total. The van der Waals surface area contributed by atoms with Crippen LogP contribution >= 0.6 is 0 Å². The van der Waals surface area contributed by atoms with E-state index in [1.54, 1.807) is 19.3 Å². The van der Waals surface area contributed by atoms with Crippen LogP contribution in [0.1, 0.15) is 28.5 Å². The van der Waals surface area contributed by atoms with Crippen molar-refractivity contribution in [3.8, 4) is 11.4 Å². The van der Waals surface area contributed by atoms with Crippen molar-refractivity contribution in [1.82, 2.24) is 24.4 Å². The van der Waals surface area contributed by atoms with Gasteiger partial charge in [-0.3, -0.25) is 14.2 Å². The minimum atomic E-state index is -4.93. The first-order valence-electron chi connectivity index (χ1n) is 13.2. The van der Waals surface area contributed by atoms with Gasteiger partial charge in [-0.1, -0.05) is 0 Å². The number of dihydropyridines is 1. The van der Waals surface area contributed by atoms with Gasteiger partial charge in [0.15, 0.2) is 5.76 Å². The van der Waals surface area contributed by atoms with E-state index in [-0.39, 0.29) is 29.4 Å². The number of nitrogens with zero attached hydrogens (tertiary/aromatic N) is 3. The first-order chi connectivity index (χ1) is 21.5. The number of carbonyl (C=O) groups is 1. The molecule has 0 spiro atoms. The number of imidazole rings is 1. The molecule has 1 amide bonds. The zero-order valence-electron chi connectivity index (χ0n) is 23.3. The predicted octanol–water partition coefficient (Wildman–Crippen LogP) is 4.59. The second-order valence-corrected chi connectivity index (χ2v) is 9.45. The third-order valence-corrected chi connectivity index (χ3v) is 6.57. The highest BCUT2D eigenvalue weighted by Gasteiger charge is 2.36. The number of allylic oxidation sites excluding steroid dienone is 3. The summed E-state index contributed by atoms with van der Waals surface area (Å²) in [6, 6.07) is 7.22. The molecule has 5 rings (SSSR count). The lowest BCUT2D eigenvalue weighted by atomic mass is 10.1. The Labute approximate surface area is 251 Å². The molecular weight excluding hydrogens is 598 g/mol. The lowest BCUT2D eigenvalue weighted by Gasteiger charge is -2.21. The molecule has 0 unspecified atom stereocenters. The number of benzene rings is 2. The molecule has 45 heavy (non-hydrogen) atoms.